The maximum atomic E-state index is 11.9. The number of thiocarbonyl (C=S) groups is 1. The van der Waals surface area contributed by atoms with E-state index >= 15 is 0 Å². The van der Waals surface area contributed by atoms with Gasteiger partial charge in [-0.15, -0.1) is 0 Å². The number of halogens is 3. The van der Waals surface area contributed by atoms with Crippen LogP contribution in [0, 0.1) is 6.92 Å². The summed E-state index contributed by atoms with van der Waals surface area (Å²) < 4.78 is 7.04. The second kappa shape index (κ2) is 8.80. The van der Waals surface area contributed by atoms with Gasteiger partial charge in [0.2, 0.25) is 0 Å². The van der Waals surface area contributed by atoms with E-state index in [-0.39, 0.29) is 17.6 Å². The summed E-state index contributed by atoms with van der Waals surface area (Å²) in [7, 11) is 0. The van der Waals surface area contributed by atoms with E-state index in [0.717, 1.165) is 14.5 Å². The predicted molar refractivity (Wildman–Crippen MR) is 108 cm³/mol. The molecule has 0 aromatic heterocycles. The van der Waals surface area contributed by atoms with E-state index in [1.807, 2.05) is 19.1 Å². The lowest BCUT2D eigenvalue weighted by molar-refractivity contribution is -0.121. The van der Waals surface area contributed by atoms with Crippen LogP contribution in [0.4, 0.5) is 5.69 Å². The molecule has 8 heteroatoms. The number of aryl methyl sites for hydroxylation is 1. The van der Waals surface area contributed by atoms with Crippen molar-refractivity contribution in [3.8, 4) is 5.75 Å². The van der Waals surface area contributed by atoms with Crippen LogP contribution in [0.15, 0.2) is 45.3 Å². The van der Waals surface area contributed by atoms with E-state index in [1.165, 1.54) is 0 Å². The van der Waals surface area contributed by atoms with E-state index in [0.29, 0.717) is 16.5 Å². The number of ether oxygens (including phenoxy) is 1. The van der Waals surface area contributed by atoms with Gasteiger partial charge in [0, 0.05) is 10.2 Å². The molecular formula is C16H13Br2ClN2O2S. The second-order valence-electron chi connectivity index (χ2n) is 4.85. The van der Waals surface area contributed by atoms with Gasteiger partial charge in [0.05, 0.1) is 9.50 Å². The molecule has 0 saturated heterocycles. The SMILES string of the molecule is Cc1ccc(OCC(=O)NC(=S)Nc2ccc(Br)c(Cl)c2)c(Br)c1. The van der Waals surface area contributed by atoms with E-state index in [9.17, 15) is 4.79 Å². The number of carbonyl (C=O) groups is 1. The van der Waals surface area contributed by atoms with Crippen molar-refractivity contribution in [2.75, 3.05) is 11.9 Å². The number of nitrogens with one attached hydrogen (secondary N) is 2. The first-order valence-electron chi connectivity index (χ1n) is 6.80. The quantitative estimate of drug-likeness (QED) is 0.586. The van der Waals surface area contributed by atoms with Crippen LogP contribution < -0.4 is 15.4 Å². The van der Waals surface area contributed by atoms with E-state index in [1.54, 1.807) is 24.3 Å². The third-order valence-corrected chi connectivity index (χ3v) is 4.93. The predicted octanol–water partition coefficient (Wildman–Crippen LogP) is 5.07. The smallest absolute Gasteiger partial charge is 0.264 e. The summed E-state index contributed by atoms with van der Waals surface area (Å²) in [6.07, 6.45) is 0. The Labute approximate surface area is 167 Å². The van der Waals surface area contributed by atoms with Gasteiger partial charge in [-0.1, -0.05) is 17.7 Å². The summed E-state index contributed by atoms with van der Waals surface area (Å²) in [5.41, 5.74) is 1.77. The molecule has 0 fully saturated rings. The van der Waals surface area contributed by atoms with Crippen LogP contribution in [-0.2, 0) is 4.79 Å². The molecular weight excluding hydrogens is 480 g/mol. The van der Waals surface area contributed by atoms with Crippen molar-refractivity contribution in [3.05, 3.63) is 55.9 Å². The number of benzene rings is 2. The third kappa shape index (κ3) is 5.73. The molecule has 0 spiro atoms. The van der Waals surface area contributed by atoms with Crippen molar-refractivity contribution in [1.29, 1.82) is 0 Å². The summed E-state index contributed by atoms with van der Waals surface area (Å²) >= 11 is 17.8. The van der Waals surface area contributed by atoms with Gasteiger partial charge in [0.1, 0.15) is 5.75 Å². The molecule has 126 valence electrons. The maximum absolute atomic E-state index is 11.9. The van der Waals surface area contributed by atoms with Crippen LogP contribution in [0.3, 0.4) is 0 Å². The van der Waals surface area contributed by atoms with Gasteiger partial charge < -0.3 is 10.1 Å². The van der Waals surface area contributed by atoms with E-state index < -0.39 is 0 Å². The van der Waals surface area contributed by atoms with Crippen molar-refractivity contribution in [2.45, 2.75) is 6.92 Å². The summed E-state index contributed by atoms with van der Waals surface area (Å²) in [5.74, 6) is 0.234. The lowest BCUT2D eigenvalue weighted by Crippen LogP contribution is -2.37. The first-order chi connectivity index (χ1) is 11.3. The molecule has 0 atom stereocenters. The molecule has 4 nitrogen and oxygen atoms in total. The average molecular weight is 493 g/mol. The number of amides is 1. The largest absolute Gasteiger partial charge is 0.483 e. The summed E-state index contributed by atoms with van der Waals surface area (Å²) in [4.78, 5) is 11.9. The lowest BCUT2D eigenvalue weighted by atomic mass is 10.2. The van der Waals surface area contributed by atoms with Crippen LogP contribution in [0.25, 0.3) is 0 Å². The van der Waals surface area contributed by atoms with Crippen LogP contribution >= 0.6 is 55.7 Å². The fourth-order valence-corrected chi connectivity index (χ4v) is 3.03. The van der Waals surface area contributed by atoms with Gasteiger partial charge in [-0.2, -0.15) is 0 Å². The normalized spacial score (nSPS) is 10.2. The molecule has 0 aliphatic rings. The van der Waals surface area contributed by atoms with E-state index in [2.05, 4.69) is 42.5 Å². The van der Waals surface area contributed by atoms with Crippen LogP contribution in [0.2, 0.25) is 5.02 Å². The topological polar surface area (TPSA) is 50.4 Å². The molecule has 2 aromatic rings. The fourth-order valence-electron chi connectivity index (χ4n) is 1.77. The van der Waals surface area contributed by atoms with Crippen LogP contribution in [0.1, 0.15) is 5.56 Å². The standard InChI is InChI=1S/C16H13Br2ClN2O2S/c1-9-2-5-14(12(18)6-9)23-8-15(22)21-16(24)20-10-3-4-11(17)13(19)7-10/h2-7H,8H2,1H3,(H2,20,21,22,24). The van der Waals surface area contributed by atoms with Crippen molar-refractivity contribution in [2.24, 2.45) is 0 Å². The molecule has 1 amide bonds. The molecule has 0 bridgehead atoms. The number of hydrogen-bond donors (Lipinski definition) is 2. The molecule has 0 heterocycles. The van der Waals surface area contributed by atoms with Crippen LogP contribution in [0.5, 0.6) is 5.75 Å². The van der Waals surface area contributed by atoms with Crippen molar-refractivity contribution in [3.63, 3.8) is 0 Å². The first kappa shape index (κ1) is 19.2. The molecule has 2 N–H and O–H groups in total. The van der Waals surface area contributed by atoms with Gasteiger partial charge >= 0.3 is 0 Å². The van der Waals surface area contributed by atoms with Gasteiger partial charge in [-0.05, 0) is 86.9 Å². The van der Waals surface area contributed by atoms with E-state index in [4.69, 9.17) is 28.6 Å². The highest BCUT2D eigenvalue weighted by molar-refractivity contribution is 9.10. The number of anilines is 1. The molecule has 0 aliphatic heterocycles. The number of hydrogen-bond acceptors (Lipinski definition) is 3. The highest BCUT2D eigenvalue weighted by atomic mass is 79.9. The monoisotopic (exact) mass is 490 g/mol. The maximum Gasteiger partial charge on any atom is 0.264 e. The van der Waals surface area contributed by atoms with Gasteiger partial charge in [0.25, 0.3) is 5.91 Å². The van der Waals surface area contributed by atoms with Crippen molar-refractivity contribution in [1.82, 2.24) is 5.32 Å². The molecule has 0 saturated carbocycles. The Morgan fingerprint density at radius 3 is 2.62 bits per heavy atom. The van der Waals surface area contributed by atoms with Crippen molar-refractivity contribution >= 4 is 72.4 Å². The minimum atomic E-state index is -0.358. The Hall–Kier alpha value is -1.15. The lowest BCUT2D eigenvalue weighted by Gasteiger charge is -2.11. The molecule has 24 heavy (non-hydrogen) atoms. The first-order valence-corrected chi connectivity index (χ1v) is 9.17. The molecule has 2 rings (SSSR count). The molecule has 2 aromatic carbocycles. The number of rotatable bonds is 4. The highest BCUT2D eigenvalue weighted by Crippen LogP contribution is 2.26. The van der Waals surface area contributed by atoms with Crippen LogP contribution in [-0.4, -0.2) is 17.6 Å². The minimum absolute atomic E-state index is 0.148. The molecule has 0 radical (unpaired) electrons. The highest BCUT2D eigenvalue weighted by Gasteiger charge is 2.08. The molecule has 0 unspecified atom stereocenters. The Kier molecular flexibility index (Phi) is 7.03. The van der Waals surface area contributed by atoms with Gasteiger partial charge in [-0.25, -0.2) is 0 Å². The Morgan fingerprint density at radius 2 is 1.96 bits per heavy atom. The third-order valence-electron chi connectivity index (χ3n) is 2.88. The average Bonchev–Trinajstić information content (AvgIpc) is 2.50. The minimum Gasteiger partial charge on any atom is -0.483 e. The fraction of sp³-hybridized carbons (Fsp3) is 0.125. The number of carbonyl (C=O) groups excluding carboxylic acids is 1. The Bertz CT molecular complexity index is 787. The van der Waals surface area contributed by atoms with Gasteiger partial charge in [0.15, 0.2) is 11.7 Å². The molecule has 0 aliphatic carbocycles. The zero-order valence-electron chi connectivity index (χ0n) is 12.5. The zero-order valence-corrected chi connectivity index (χ0v) is 17.3. The Morgan fingerprint density at radius 1 is 1.21 bits per heavy atom. The zero-order chi connectivity index (χ0) is 17.7. The summed E-state index contributed by atoms with van der Waals surface area (Å²) in [5, 5.41) is 6.15. The van der Waals surface area contributed by atoms with Gasteiger partial charge in [-0.3, -0.25) is 10.1 Å². The summed E-state index contributed by atoms with van der Waals surface area (Å²) in [6, 6.07) is 10.9. The summed E-state index contributed by atoms with van der Waals surface area (Å²) in [6.45, 7) is 1.82. The second-order valence-corrected chi connectivity index (χ2v) is 7.38. The van der Waals surface area contributed by atoms with Crippen molar-refractivity contribution < 1.29 is 9.53 Å². The Balaban J connectivity index is 1.85.